The first-order valence-corrected chi connectivity index (χ1v) is 7.11. The SMILES string of the molecule is CC(C)Cc1cc(N)nc(-c2nccc3ccccc23)n1. The van der Waals surface area contributed by atoms with Crippen LogP contribution >= 0.6 is 0 Å². The summed E-state index contributed by atoms with van der Waals surface area (Å²) >= 11 is 0. The average molecular weight is 278 g/mol. The minimum atomic E-state index is 0.491. The van der Waals surface area contributed by atoms with E-state index >= 15 is 0 Å². The number of pyridine rings is 1. The zero-order valence-corrected chi connectivity index (χ0v) is 12.2. The van der Waals surface area contributed by atoms with Crippen LogP contribution in [0.15, 0.2) is 42.6 Å². The monoisotopic (exact) mass is 278 g/mol. The number of rotatable bonds is 3. The highest BCUT2D eigenvalue weighted by Gasteiger charge is 2.11. The fourth-order valence-electron chi connectivity index (χ4n) is 2.45. The van der Waals surface area contributed by atoms with Gasteiger partial charge in [-0.3, -0.25) is 4.98 Å². The van der Waals surface area contributed by atoms with E-state index in [0.717, 1.165) is 28.6 Å². The predicted molar refractivity (Wildman–Crippen MR) is 85.7 cm³/mol. The van der Waals surface area contributed by atoms with Crippen LogP contribution < -0.4 is 5.73 Å². The van der Waals surface area contributed by atoms with Crippen molar-refractivity contribution in [3.05, 3.63) is 48.3 Å². The van der Waals surface area contributed by atoms with Gasteiger partial charge in [0.1, 0.15) is 11.5 Å². The van der Waals surface area contributed by atoms with Crippen LogP contribution in [-0.2, 0) is 6.42 Å². The third-order valence-corrected chi connectivity index (χ3v) is 3.30. The molecule has 2 aromatic heterocycles. The second kappa shape index (κ2) is 5.48. The molecule has 0 aliphatic rings. The Bertz CT molecular complexity index is 775. The molecule has 106 valence electrons. The van der Waals surface area contributed by atoms with Crippen molar-refractivity contribution in [2.24, 2.45) is 5.92 Å². The molecule has 0 unspecified atom stereocenters. The lowest BCUT2D eigenvalue weighted by molar-refractivity contribution is 0.635. The molecule has 0 radical (unpaired) electrons. The van der Waals surface area contributed by atoms with Crippen molar-refractivity contribution in [1.82, 2.24) is 15.0 Å². The van der Waals surface area contributed by atoms with Gasteiger partial charge in [-0.15, -0.1) is 0 Å². The number of fused-ring (bicyclic) bond motifs is 1. The van der Waals surface area contributed by atoms with Crippen molar-refractivity contribution in [2.75, 3.05) is 5.73 Å². The van der Waals surface area contributed by atoms with Crippen molar-refractivity contribution in [2.45, 2.75) is 20.3 Å². The molecule has 2 heterocycles. The number of hydrogen-bond acceptors (Lipinski definition) is 4. The molecule has 1 aromatic carbocycles. The highest BCUT2D eigenvalue weighted by molar-refractivity contribution is 5.92. The van der Waals surface area contributed by atoms with E-state index in [1.165, 1.54) is 0 Å². The molecule has 3 aromatic rings. The topological polar surface area (TPSA) is 64.7 Å². The van der Waals surface area contributed by atoms with E-state index in [1.54, 1.807) is 6.20 Å². The van der Waals surface area contributed by atoms with Crippen molar-refractivity contribution >= 4 is 16.6 Å². The number of benzene rings is 1. The fourth-order valence-corrected chi connectivity index (χ4v) is 2.45. The van der Waals surface area contributed by atoms with Gasteiger partial charge in [0.15, 0.2) is 5.82 Å². The van der Waals surface area contributed by atoms with Gasteiger partial charge in [0, 0.05) is 23.3 Å². The summed E-state index contributed by atoms with van der Waals surface area (Å²) in [4.78, 5) is 13.5. The number of nitrogens with zero attached hydrogens (tertiary/aromatic N) is 3. The molecule has 0 bridgehead atoms. The Hall–Kier alpha value is -2.49. The molecule has 3 rings (SSSR count). The first kappa shape index (κ1) is 13.5. The summed E-state index contributed by atoms with van der Waals surface area (Å²) in [6, 6.07) is 11.9. The summed E-state index contributed by atoms with van der Waals surface area (Å²) in [7, 11) is 0. The van der Waals surface area contributed by atoms with Crippen molar-refractivity contribution < 1.29 is 0 Å². The molecule has 0 spiro atoms. The highest BCUT2D eigenvalue weighted by atomic mass is 15.0. The van der Waals surface area contributed by atoms with Crippen LogP contribution in [0.2, 0.25) is 0 Å². The molecule has 0 amide bonds. The first-order chi connectivity index (χ1) is 10.1. The van der Waals surface area contributed by atoms with Gasteiger partial charge in [-0.2, -0.15) is 0 Å². The largest absolute Gasteiger partial charge is 0.384 e. The standard InChI is InChI=1S/C17H18N4/c1-11(2)9-13-10-15(18)21-17(20-13)16-14-6-4-3-5-12(14)7-8-19-16/h3-8,10-11H,9H2,1-2H3,(H2,18,20,21). The lowest BCUT2D eigenvalue weighted by Crippen LogP contribution is -2.04. The van der Waals surface area contributed by atoms with Gasteiger partial charge in [0.2, 0.25) is 0 Å². The molecule has 0 atom stereocenters. The third-order valence-electron chi connectivity index (χ3n) is 3.30. The Balaban J connectivity index is 2.16. The van der Waals surface area contributed by atoms with Crippen LogP contribution in [0, 0.1) is 5.92 Å². The zero-order valence-electron chi connectivity index (χ0n) is 12.2. The van der Waals surface area contributed by atoms with Crippen molar-refractivity contribution in [3.8, 4) is 11.5 Å². The maximum atomic E-state index is 5.94. The van der Waals surface area contributed by atoms with E-state index in [1.807, 2.05) is 30.3 Å². The van der Waals surface area contributed by atoms with E-state index in [9.17, 15) is 0 Å². The Labute approximate surface area is 124 Å². The Kier molecular flexibility index (Phi) is 3.52. The van der Waals surface area contributed by atoms with E-state index in [4.69, 9.17) is 5.73 Å². The predicted octanol–water partition coefficient (Wildman–Crippen LogP) is 3.47. The summed E-state index contributed by atoms with van der Waals surface area (Å²) in [5.74, 6) is 1.61. The third kappa shape index (κ3) is 2.84. The van der Waals surface area contributed by atoms with Gasteiger partial charge in [0.05, 0.1) is 0 Å². The van der Waals surface area contributed by atoms with E-state index < -0.39 is 0 Å². The minimum absolute atomic E-state index is 0.491. The molecule has 0 aliphatic carbocycles. The second-order valence-corrected chi connectivity index (χ2v) is 5.59. The van der Waals surface area contributed by atoms with Gasteiger partial charge < -0.3 is 5.73 Å². The van der Waals surface area contributed by atoms with Gasteiger partial charge in [-0.1, -0.05) is 38.1 Å². The molecule has 0 saturated heterocycles. The number of nitrogens with two attached hydrogens (primary N) is 1. The summed E-state index contributed by atoms with van der Waals surface area (Å²) in [6.45, 7) is 4.32. The summed E-state index contributed by atoms with van der Waals surface area (Å²) in [5.41, 5.74) is 7.68. The molecule has 21 heavy (non-hydrogen) atoms. The molecule has 2 N–H and O–H groups in total. The smallest absolute Gasteiger partial charge is 0.181 e. The minimum Gasteiger partial charge on any atom is -0.384 e. The molecule has 0 aliphatic heterocycles. The number of hydrogen-bond donors (Lipinski definition) is 1. The van der Waals surface area contributed by atoms with Crippen LogP contribution in [0.1, 0.15) is 19.5 Å². The average Bonchev–Trinajstić information content (AvgIpc) is 2.45. The second-order valence-electron chi connectivity index (χ2n) is 5.59. The quantitative estimate of drug-likeness (QED) is 0.796. The first-order valence-electron chi connectivity index (χ1n) is 7.11. The Morgan fingerprint density at radius 1 is 1.10 bits per heavy atom. The van der Waals surface area contributed by atoms with Crippen LogP contribution in [0.5, 0.6) is 0 Å². The maximum Gasteiger partial charge on any atom is 0.181 e. The molecular formula is C17H18N4. The van der Waals surface area contributed by atoms with E-state index in [-0.39, 0.29) is 0 Å². The summed E-state index contributed by atoms with van der Waals surface area (Å²) < 4.78 is 0. The maximum absolute atomic E-state index is 5.94. The number of aromatic nitrogens is 3. The summed E-state index contributed by atoms with van der Waals surface area (Å²) in [6.07, 6.45) is 2.66. The highest BCUT2D eigenvalue weighted by Crippen LogP contribution is 2.24. The van der Waals surface area contributed by atoms with Gasteiger partial charge in [0.25, 0.3) is 0 Å². The molecular weight excluding hydrogens is 260 g/mol. The van der Waals surface area contributed by atoms with Crippen molar-refractivity contribution in [1.29, 1.82) is 0 Å². The van der Waals surface area contributed by atoms with Crippen LogP contribution in [0.25, 0.3) is 22.3 Å². The van der Waals surface area contributed by atoms with Crippen molar-refractivity contribution in [3.63, 3.8) is 0 Å². The summed E-state index contributed by atoms with van der Waals surface area (Å²) in [5, 5.41) is 2.17. The van der Waals surface area contributed by atoms with Crippen LogP contribution in [0.3, 0.4) is 0 Å². The number of nitrogen functional groups attached to an aromatic ring is 1. The van der Waals surface area contributed by atoms with E-state index in [0.29, 0.717) is 17.6 Å². The van der Waals surface area contributed by atoms with Gasteiger partial charge >= 0.3 is 0 Å². The van der Waals surface area contributed by atoms with Gasteiger partial charge in [-0.25, -0.2) is 9.97 Å². The van der Waals surface area contributed by atoms with Crippen LogP contribution in [0.4, 0.5) is 5.82 Å². The van der Waals surface area contributed by atoms with Crippen LogP contribution in [-0.4, -0.2) is 15.0 Å². The molecule has 4 heteroatoms. The lowest BCUT2D eigenvalue weighted by atomic mass is 10.1. The normalized spacial score (nSPS) is 11.2. The Morgan fingerprint density at radius 3 is 2.71 bits per heavy atom. The molecule has 0 fully saturated rings. The Morgan fingerprint density at radius 2 is 1.90 bits per heavy atom. The van der Waals surface area contributed by atoms with Gasteiger partial charge in [-0.05, 0) is 23.8 Å². The van der Waals surface area contributed by atoms with E-state index in [2.05, 4.69) is 34.9 Å². The number of anilines is 1. The zero-order chi connectivity index (χ0) is 14.8. The fraction of sp³-hybridized carbons (Fsp3) is 0.235. The molecule has 4 nitrogen and oxygen atoms in total. The lowest BCUT2D eigenvalue weighted by Gasteiger charge is -2.09. The molecule has 0 saturated carbocycles.